The minimum absolute atomic E-state index is 0.107. The number of hydrogen-bond acceptors (Lipinski definition) is 1. The van der Waals surface area contributed by atoms with Gasteiger partial charge in [-0.2, -0.15) is 13.2 Å². The summed E-state index contributed by atoms with van der Waals surface area (Å²) in [5.41, 5.74) is 0.136. The quantitative estimate of drug-likeness (QED) is 0.796. The molecule has 94 valence electrons. The minimum Gasteiger partial charge on any atom is -0.299 e. The van der Waals surface area contributed by atoms with Crippen LogP contribution in [0.2, 0.25) is 0 Å². The Morgan fingerprint density at radius 3 is 2.41 bits per heavy atom. The second-order valence-electron chi connectivity index (χ2n) is 4.30. The predicted octanol–water partition coefficient (Wildman–Crippen LogP) is 4.06. The molecular weight excluding hydrogens is 295 g/mol. The lowest BCUT2D eigenvalue weighted by atomic mass is 10.1. The Labute approximate surface area is 107 Å². The normalized spacial score (nSPS) is 17.6. The Morgan fingerprint density at radius 2 is 1.82 bits per heavy atom. The van der Waals surface area contributed by atoms with Crippen molar-refractivity contribution in [2.45, 2.75) is 25.6 Å². The highest BCUT2D eigenvalue weighted by Crippen LogP contribution is 2.35. The van der Waals surface area contributed by atoms with Crippen LogP contribution in [0.25, 0.3) is 0 Å². The summed E-state index contributed by atoms with van der Waals surface area (Å²) in [4.78, 5) is 2.18. The molecule has 0 amide bonds. The van der Waals surface area contributed by atoms with Crippen molar-refractivity contribution in [3.05, 3.63) is 33.8 Å². The first kappa shape index (κ1) is 12.9. The van der Waals surface area contributed by atoms with E-state index >= 15 is 0 Å². The summed E-state index contributed by atoms with van der Waals surface area (Å²) in [6.45, 7) is 2.57. The monoisotopic (exact) mass is 307 g/mol. The van der Waals surface area contributed by atoms with Gasteiger partial charge in [0.25, 0.3) is 0 Å². The van der Waals surface area contributed by atoms with Gasteiger partial charge in [-0.15, -0.1) is 0 Å². The molecule has 0 saturated carbocycles. The summed E-state index contributed by atoms with van der Waals surface area (Å²) in [6, 6.07) is 4.47. The molecule has 5 heteroatoms. The van der Waals surface area contributed by atoms with Gasteiger partial charge in [0, 0.05) is 11.0 Å². The summed E-state index contributed by atoms with van der Waals surface area (Å²) in [6.07, 6.45) is -2.01. The molecule has 2 rings (SSSR count). The van der Waals surface area contributed by atoms with Crippen LogP contribution in [0.5, 0.6) is 0 Å². The van der Waals surface area contributed by atoms with Crippen LogP contribution in [-0.2, 0) is 12.7 Å². The SMILES string of the molecule is FC(F)(F)c1cc(CN2CCCC2)ccc1Br. The number of nitrogens with zero attached hydrogens (tertiary/aromatic N) is 1. The summed E-state index contributed by atoms with van der Waals surface area (Å²) in [5.74, 6) is 0. The van der Waals surface area contributed by atoms with Crippen LogP contribution in [0.15, 0.2) is 22.7 Å². The van der Waals surface area contributed by atoms with Gasteiger partial charge >= 0.3 is 6.18 Å². The molecule has 17 heavy (non-hydrogen) atoms. The van der Waals surface area contributed by atoms with Crippen molar-refractivity contribution in [2.24, 2.45) is 0 Å². The van der Waals surface area contributed by atoms with Crippen molar-refractivity contribution in [1.82, 2.24) is 4.90 Å². The Bertz CT molecular complexity index is 397. The number of alkyl halides is 3. The van der Waals surface area contributed by atoms with Crippen molar-refractivity contribution in [1.29, 1.82) is 0 Å². The smallest absolute Gasteiger partial charge is 0.299 e. The lowest BCUT2D eigenvalue weighted by Crippen LogP contribution is -2.19. The van der Waals surface area contributed by atoms with Gasteiger partial charge in [-0.25, -0.2) is 0 Å². The van der Waals surface area contributed by atoms with Crippen LogP contribution in [-0.4, -0.2) is 18.0 Å². The largest absolute Gasteiger partial charge is 0.417 e. The molecular formula is C12H13BrF3N. The summed E-state index contributed by atoms with van der Waals surface area (Å²) >= 11 is 2.95. The predicted molar refractivity (Wildman–Crippen MR) is 63.7 cm³/mol. The molecule has 0 spiro atoms. The molecule has 1 aliphatic rings. The van der Waals surface area contributed by atoms with E-state index in [1.165, 1.54) is 12.1 Å². The average molecular weight is 308 g/mol. The van der Waals surface area contributed by atoms with Crippen molar-refractivity contribution < 1.29 is 13.2 Å². The summed E-state index contributed by atoms with van der Waals surface area (Å²) < 4.78 is 38.2. The van der Waals surface area contributed by atoms with Crippen LogP contribution < -0.4 is 0 Å². The molecule has 1 aliphatic heterocycles. The molecule has 1 fully saturated rings. The molecule has 1 heterocycles. The first-order chi connectivity index (χ1) is 7.97. The number of benzene rings is 1. The zero-order chi connectivity index (χ0) is 12.5. The maximum absolute atomic E-state index is 12.7. The third-order valence-electron chi connectivity index (χ3n) is 2.94. The molecule has 0 atom stereocenters. The molecule has 1 aromatic rings. The fourth-order valence-corrected chi connectivity index (χ4v) is 2.56. The Hall–Kier alpha value is -0.550. The molecule has 0 radical (unpaired) electrons. The standard InChI is InChI=1S/C12H13BrF3N/c13-11-4-3-9(7-10(11)12(14,15)16)8-17-5-1-2-6-17/h3-4,7H,1-2,5-6,8H2. The maximum atomic E-state index is 12.7. The van der Waals surface area contributed by atoms with Crippen LogP contribution in [0, 0.1) is 0 Å². The third-order valence-corrected chi connectivity index (χ3v) is 3.63. The highest BCUT2D eigenvalue weighted by atomic mass is 79.9. The maximum Gasteiger partial charge on any atom is 0.417 e. The van der Waals surface area contributed by atoms with Gasteiger partial charge in [0.1, 0.15) is 0 Å². The van der Waals surface area contributed by atoms with E-state index in [0.717, 1.165) is 31.5 Å². The molecule has 1 aromatic carbocycles. The van der Waals surface area contributed by atoms with E-state index in [9.17, 15) is 13.2 Å². The molecule has 0 aliphatic carbocycles. The molecule has 1 saturated heterocycles. The molecule has 0 unspecified atom stereocenters. The number of likely N-dealkylation sites (tertiary alicyclic amines) is 1. The second-order valence-corrected chi connectivity index (χ2v) is 5.15. The van der Waals surface area contributed by atoms with Crippen LogP contribution in [0.3, 0.4) is 0 Å². The van der Waals surface area contributed by atoms with Crippen LogP contribution in [0.4, 0.5) is 13.2 Å². The van der Waals surface area contributed by atoms with Crippen molar-refractivity contribution in [3.63, 3.8) is 0 Å². The van der Waals surface area contributed by atoms with Crippen LogP contribution in [0.1, 0.15) is 24.0 Å². The zero-order valence-corrected chi connectivity index (χ0v) is 10.8. The van der Waals surface area contributed by atoms with E-state index < -0.39 is 11.7 Å². The van der Waals surface area contributed by atoms with Crippen molar-refractivity contribution >= 4 is 15.9 Å². The first-order valence-corrected chi connectivity index (χ1v) is 6.34. The summed E-state index contributed by atoms with van der Waals surface area (Å²) in [5, 5.41) is 0. The number of rotatable bonds is 2. The fourth-order valence-electron chi connectivity index (χ4n) is 2.09. The van der Waals surface area contributed by atoms with Gasteiger partial charge in [-0.1, -0.05) is 22.0 Å². The molecule has 0 bridgehead atoms. The fraction of sp³-hybridized carbons (Fsp3) is 0.500. The number of halogens is 4. The van der Waals surface area contributed by atoms with Gasteiger partial charge in [0.15, 0.2) is 0 Å². The van der Waals surface area contributed by atoms with Gasteiger partial charge in [-0.3, -0.25) is 4.90 Å². The lowest BCUT2D eigenvalue weighted by Gasteiger charge is -2.16. The van der Waals surface area contributed by atoms with Gasteiger partial charge in [0.2, 0.25) is 0 Å². The van der Waals surface area contributed by atoms with Crippen molar-refractivity contribution in [2.75, 3.05) is 13.1 Å². The highest BCUT2D eigenvalue weighted by Gasteiger charge is 2.33. The van der Waals surface area contributed by atoms with E-state index in [4.69, 9.17) is 0 Å². The average Bonchev–Trinajstić information content (AvgIpc) is 2.72. The van der Waals surface area contributed by atoms with E-state index in [1.54, 1.807) is 6.07 Å². The summed E-state index contributed by atoms with van der Waals surface area (Å²) in [7, 11) is 0. The highest BCUT2D eigenvalue weighted by molar-refractivity contribution is 9.10. The molecule has 0 N–H and O–H groups in total. The Morgan fingerprint density at radius 1 is 1.18 bits per heavy atom. The van der Waals surface area contributed by atoms with E-state index in [-0.39, 0.29) is 4.47 Å². The topological polar surface area (TPSA) is 3.24 Å². The van der Waals surface area contributed by atoms with E-state index in [1.807, 2.05) is 0 Å². The molecule has 1 nitrogen and oxygen atoms in total. The Kier molecular flexibility index (Phi) is 3.78. The third kappa shape index (κ3) is 3.22. The Balaban J connectivity index is 2.18. The van der Waals surface area contributed by atoms with Gasteiger partial charge in [-0.05, 0) is 43.6 Å². The van der Waals surface area contributed by atoms with Gasteiger partial charge in [0.05, 0.1) is 5.56 Å². The van der Waals surface area contributed by atoms with E-state index in [2.05, 4.69) is 20.8 Å². The zero-order valence-electron chi connectivity index (χ0n) is 9.23. The molecule has 0 aromatic heterocycles. The lowest BCUT2D eigenvalue weighted by molar-refractivity contribution is -0.138. The minimum atomic E-state index is -4.29. The first-order valence-electron chi connectivity index (χ1n) is 5.55. The second kappa shape index (κ2) is 4.98. The van der Waals surface area contributed by atoms with Crippen molar-refractivity contribution in [3.8, 4) is 0 Å². The number of hydrogen-bond donors (Lipinski definition) is 0. The van der Waals surface area contributed by atoms with Gasteiger partial charge < -0.3 is 0 Å². The van der Waals surface area contributed by atoms with Crippen LogP contribution >= 0.6 is 15.9 Å². The van der Waals surface area contributed by atoms with E-state index in [0.29, 0.717) is 6.54 Å².